The molecule has 3 aromatic carbocycles. The topological polar surface area (TPSA) is 3.24 Å². The number of para-hydroxylation sites is 1. The third-order valence-electron chi connectivity index (χ3n) is 5.85. The first-order valence-corrected chi connectivity index (χ1v) is 11.7. The lowest BCUT2D eigenvalue weighted by Crippen LogP contribution is -2.18. The fraction of sp³-hybridized carbons (Fsp3) is 0.429. The number of nitrogens with zero attached hydrogens (tertiary/aromatic N) is 1. The summed E-state index contributed by atoms with van der Waals surface area (Å²) < 4.78 is 0. The molecule has 0 saturated carbocycles. The van der Waals surface area contributed by atoms with Gasteiger partial charge in [-0.3, -0.25) is 0 Å². The fourth-order valence-electron chi connectivity index (χ4n) is 4.12. The molecule has 0 atom stereocenters. The van der Waals surface area contributed by atoms with E-state index in [-0.39, 0.29) is 0 Å². The lowest BCUT2D eigenvalue weighted by atomic mass is 10.1. The van der Waals surface area contributed by atoms with Gasteiger partial charge in [-0.05, 0) is 41.5 Å². The first-order chi connectivity index (χ1) is 14.4. The molecule has 0 N–H and O–H groups in total. The van der Waals surface area contributed by atoms with Crippen molar-refractivity contribution >= 4 is 22.1 Å². The van der Waals surface area contributed by atoms with Crippen LogP contribution in [0.15, 0.2) is 72.8 Å². The van der Waals surface area contributed by atoms with Crippen LogP contribution in [0.1, 0.15) is 71.1 Å². The third-order valence-corrected chi connectivity index (χ3v) is 5.85. The molecule has 0 aliphatic rings. The molecule has 0 amide bonds. The van der Waals surface area contributed by atoms with Crippen LogP contribution < -0.4 is 4.90 Å². The molecule has 0 aliphatic carbocycles. The highest BCUT2D eigenvalue weighted by Crippen LogP contribution is 2.29. The Kier molecular flexibility index (Phi) is 9.10. The van der Waals surface area contributed by atoms with Crippen LogP contribution in [0.5, 0.6) is 0 Å². The van der Waals surface area contributed by atoms with Crippen LogP contribution in [-0.2, 0) is 0 Å². The zero-order chi connectivity index (χ0) is 20.2. The highest BCUT2D eigenvalue weighted by atomic mass is 15.1. The molecule has 0 bridgehead atoms. The molecule has 0 radical (unpaired) electrons. The van der Waals surface area contributed by atoms with Crippen molar-refractivity contribution in [3.63, 3.8) is 0 Å². The van der Waals surface area contributed by atoms with Gasteiger partial charge in [-0.2, -0.15) is 0 Å². The lowest BCUT2D eigenvalue weighted by Gasteiger charge is -2.25. The predicted molar refractivity (Wildman–Crippen MR) is 129 cm³/mol. The predicted octanol–water partition coefficient (Wildman–Crippen LogP) is 8.90. The average molecular weight is 388 g/mol. The molecule has 3 rings (SSSR count). The molecule has 0 spiro atoms. The number of anilines is 2. The van der Waals surface area contributed by atoms with Crippen molar-refractivity contribution in [2.75, 3.05) is 11.4 Å². The van der Waals surface area contributed by atoms with Crippen molar-refractivity contribution in [1.82, 2.24) is 0 Å². The smallest absolute Gasteiger partial charge is 0.0417 e. The van der Waals surface area contributed by atoms with Crippen LogP contribution in [0.2, 0.25) is 0 Å². The maximum Gasteiger partial charge on any atom is 0.0417 e. The van der Waals surface area contributed by atoms with E-state index in [9.17, 15) is 0 Å². The number of fused-ring (bicyclic) bond motifs is 1. The number of hydrogen-bond acceptors (Lipinski definition) is 1. The molecule has 0 unspecified atom stereocenters. The van der Waals surface area contributed by atoms with E-state index in [1.807, 2.05) is 0 Å². The molecule has 154 valence electrons. The second kappa shape index (κ2) is 12.3. The van der Waals surface area contributed by atoms with Crippen LogP contribution in [0.25, 0.3) is 10.8 Å². The molecular formula is C28H37N. The fourth-order valence-corrected chi connectivity index (χ4v) is 4.12. The van der Waals surface area contributed by atoms with Gasteiger partial charge in [0.15, 0.2) is 0 Å². The number of rotatable bonds is 13. The van der Waals surface area contributed by atoms with Gasteiger partial charge in [-0.15, -0.1) is 0 Å². The SMILES string of the molecule is CCCCCCCCCCCCN(c1ccccc1)c1ccc2ccccc2c1. The summed E-state index contributed by atoms with van der Waals surface area (Å²) in [6.07, 6.45) is 13.8. The summed E-state index contributed by atoms with van der Waals surface area (Å²) in [6, 6.07) is 26.3. The summed E-state index contributed by atoms with van der Waals surface area (Å²) in [4.78, 5) is 2.48. The first kappa shape index (κ1) is 21.4. The summed E-state index contributed by atoms with van der Waals surface area (Å²) in [5.41, 5.74) is 2.59. The summed E-state index contributed by atoms with van der Waals surface area (Å²) in [5, 5.41) is 2.62. The highest BCUT2D eigenvalue weighted by Gasteiger charge is 2.09. The van der Waals surface area contributed by atoms with Crippen molar-refractivity contribution in [3.8, 4) is 0 Å². The second-order valence-electron chi connectivity index (χ2n) is 8.20. The Morgan fingerprint density at radius 3 is 1.79 bits per heavy atom. The Hall–Kier alpha value is -2.28. The second-order valence-corrected chi connectivity index (χ2v) is 8.20. The van der Waals surface area contributed by atoms with Gasteiger partial charge < -0.3 is 4.90 Å². The van der Waals surface area contributed by atoms with Gasteiger partial charge in [0.1, 0.15) is 0 Å². The van der Waals surface area contributed by atoms with Crippen LogP contribution in [0, 0.1) is 0 Å². The molecule has 0 heterocycles. The Morgan fingerprint density at radius 1 is 0.517 bits per heavy atom. The number of hydrogen-bond donors (Lipinski definition) is 0. The lowest BCUT2D eigenvalue weighted by molar-refractivity contribution is 0.557. The minimum atomic E-state index is 1.08. The monoisotopic (exact) mass is 387 g/mol. The van der Waals surface area contributed by atoms with E-state index >= 15 is 0 Å². The molecule has 29 heavy (non-hydrogen) atoms. The van der Waals surface area contributed by atoms with Gasteiger partial charge in [-0.1, -0.05) is 113 Å². The third kappa shape index (κ3) is 6.92. The molecule has 0 aliphatic heterocycles. The van der Waals surface area contributed by atoms with E-state index in [0.717, 1.165) is 6.54 Å². The van der Waals surface area contributed by atoms with Crippen molar-refractivity contribution in [2.24, 2.45) is 0 Å². The quantitative estimate of drug-likeness (QED) is 0.265. The zero-order valence-electron chi connectivity index (χ0n) is 18.2. The Morgan fingerprint density at radius 2 is 1.10 bits per heavy atom. The Bertz CT molecular complexity index is 824. The standard InChI is InChI=1S/C28H37N/c1-2-3-4-5-6-7-8-9-10-16-23-29(27-19-12-11-13-20-27)28-22-21-25-17-14-15-18-26(25)24-28/h11-15,17-22,24H,2-10,16,23H2,1H3. The van der Waals surface area contributed by atoms with Gasteiger partial charge in [-0.25, -0.2) is 0 Å². The molecule has 0 aromatic heterocycles. The number of unbranched alkanes of at least 4 members (excludes halogenated alkanes) is 9. The van der Waals surface area contributed by atoms with Gasteiger partial charge in [0, 0.05) is 17.9 Å². The van der Waals surface area contributed by atoms with E-state index < -0.39 is 0 Å². The van der Waals surface area contributed by atoms with Crippen LogP contribution in [0.4, 0.5) is 11.4 Å². The maximum absolute atomic E-state index is 2.48. The summed E-state index contributed by atoms with van der Waals surface area (Å²) in [6.45, 7) is 3.37. The Labute approximate surface area is 177 Å². The molecule has 0 fully saturated rings. The average Bonchev–Trinajstić information content (AvgIpc) is 2.78. The van der Waals surface area contributed by atoms with E-state index in [2.05, 4.69) is 84.6 Å². The highest BCUT2D eigenvalue weighted by molar-refractivity contribution is 5.86. The van der Waals surface area contributed by atoms with Crippen molar-refractivity contribution in [1.29, 1.82) is 0 Å². The molecular weight excluding hydrogens is 350 g/mol. The van der Waals surface area contributed by atoms with Crippen molar-refractivity contribution in [2.45, 2.75) is 71.1 Å². The van der Waals surface area contributed by atoms with Gasteiger partial charge in [0.25, 0.3) is 0 Å². The van der Waals surface area contributed by atoms with E-state index in [4.69, 9.17) is 0 Å². The van der Waals surface area contributed by atoms with Crippen LogP contribution in [-0.4, -0.2) is 6.54 Å². The summed E-state index contributed by atoms with van der Waals surface area (Å²) in [7, 11) is 0. The Balaban J connectivity index is 1.52. The van der Waals surface area contributed by atoms with Crippen LogP contribution in [0.3, 0.4) is 0 Å². The van der Waals surface area contributed by atoms with Gasteiger partial charge >= 0.3 is 0 Å². The number of benzene rings is 3. The molecule has 3 aromatic rings. The summed E-state index contributed by atoms with van der Waals surface area (Å²) >= 11 is 0. The molecule has 1 nitrogen and oxygen atoms in total. The normalized spacial score (nSPS) is 11.1. The first-order valence-electron chi connectivity index (χ1n) is 11.7. The van der Waals surface area contributed by atoms with Gasteiger partial charge in [0.2, 0.25) is 0 Å². The maximum atomic E-state index is 2.48. The van der Waals surface area contributed by atoms with E-state index in [0.29, 0.717) is 0 Å². The van der Waals surface area contributed by atoms with E-state index in [1.165, 1.54) is 86.4 Å². The zero-order valence-corrected chi connectivity index (χ0v) is 18.2. The van der Waals surface area contributed by atoms with E-state index in [1.54, 1.807) is 0 Å². The largest absolute Gasteiger partial charge is 0.341 e. The molecule has 1 heteroatoms. The summed E-state index contributed by atoms with van der Waals surface area (Å²) in [5.74, 6) is 0. The van der Waals surface area contributed by atoms with Crippen LogP contribution >= 0.6 is 0 Å². The minimum Gasteiger partial charge on any atom is -0.341 e. The van der Waals surface area contributed by atoms with Crippen molar-refractivity contribution < 1.29 is 0 Å². The molecule has 0 saturated heterocycles. The van der Waals surface area contributed by atoms with Gasteiger partial charge in [0.05, 0.1) is 0 Å². The minimum absolute atomic E-state index is 1.08. The van der Waals surface area contributed by atoms with Crippen molar-refractivity contribution in [3.05, 3.63) is 72.8 Å².